The second-order valence-electron chi connectivity index (χ2n) is 15.9. The van der Waals surface area contributed by atoms with Gasteiger partial charge in [-0.15, -0.1) is 0 Å². The summed E-state index contributed by atoms with van der Waals surface area (Å²) in [5, 5.41) is 64.0. The largest absolute Gasteiger partial charge is 0.508 e. The molecule has 16 heteroatoms. The summed E-state index contributed by atoms with van der Waals surface area (Å²) in [7, 11) is 0. The maximum atomic E-state index is 14.6. The minimum Gasteiger partial charge on any atom is -0.508 e. The summed E-state index contributed by atoms with van der Waals surface area (Å²) < 4.78 is 5.28. The van der Waals surface area contributed by atoms with E-state index in [0.717, 1.165) is 5.56 Å². The van der Waals surface area contributed by atoms with Crippen LogP contribution in [0.2, 0.25) is 0 Å². The molecule has 0 spiro atoms. The number of nitrogens with one attached hydrogen (secondary N) is 5. The number of rotatable bonds is 23. The molecular weight excluding hydrogens is 847 g/mol. The topological polar surface area (TPSA) is 256 Å². The summed E-state index contributed by atoms with van der Waals surface area (Å²) in [6.07, 6.45) is 0.633. The predicted octanol–water partition coefficient (Wildman–Crippen LogP) is 3.60. The molecule has 0 saturated heterocycles. The van der Waals surface area contributed by atoms with Gasteiger partial charge in [-0.3, -0.25) is 19.2 Å². The van der Waals surface area contributed by atoms with Gasteiger partial charge in [0.25, 0.3) is 0 Å². The molecule has 0 radical (unpaired) electrons. The Bertz CT molecular complexity index is 2360. The monoisotopic (exact) mass is 903 g/mol. The van der Waals surface area contributed by atoms with Crippen LogP contribution >= 0.6 is 0 Å². The van der Waals surface area contributed by atoms with Crippen LogP contribution in [0.1, 0.15) is 48.1 Å². The number of ether oxygens (including phenoxy) is 1. The summed E-state index contributed by atoms with van der Waals surface area (Å²) in [4.78, 5) is 70.7. The average molecular weight is 904 g/mol. The highest BCUT2D eigenvalue weighted by atomic mass is 16.5. The van der Waals surface area contributed by atoms with Crippen LogP contribution in [0.3, 0.4) is 0 Å². The Balaban J connectivity index is 1.46. The zero-order chi connectivity index (χ0) is 47.6. The van der Waals surface area contributed by atoms with Gasteiger partial charge in [0, 0.05) is 25.7 Å². The number of amides is 4. The summed E-state index contributed by atoms with van der Waals surface area (Å²) in [5.41, 5.74) is 3.00. The highest BCUT2D eigenvalue weighted by Crippen LogP contribution is 2.18. The third-order valence-electron chi connectivity index (χ3n) is 10.6. The molecule has 0 heterocycles. The fourth-order valence-electron chi connectivity index (χ4n) is 7.07. The first-order valence-electron chi connectivity index (χ1n) is 21.7. The van der Waals surface area contributed by atoms with E-state index in [4.69, 9.17) is 4.74 Å². The molecule has 0 aliphatic heterocycles. The lowest BCUT2D eigenvalue weighted by molar-refractivity contribution is -0.147. The standard InChI is InChI=1S/C50H57N5O11/c1-3-25-51-41(26-31-5-15-36(56)16-6-31)46(61)52-42(27-32-7-17-37(57)18-8-32)47(62)53-43(28-33-9-19-38(58)20-10-33)48(63)54-44(29-34-11-21-39(59)22-12-34)49(64)55-45(50(65)66-4-2)30-35-13-23-40(60)24-14-35/h5-24,41-45,51,56-60H,3-4,25-30H2,1-2H3,(H,52,61)(H,53,62)(H,54,63)(H,55,64)/t41-,42-,43-,44-,45-/m0/s1. The number of phenols is 5. The number of aromatic hydroxyl groups is 5. The molecule has 0 fully saturated rings. The lowest BCUT2D eigenvalue weighted by atomic mass is 9.99. The molecule has 5 aromatic rings. The predicted molar refractivity (Wildman–Crippen MR) is 245 cm³/mol. The van der Waals surface area contributed by atoms with Gasteiger partial charge in [0.2, 0.25) is 23.6 Å². The van der Waals surface area contributed by atoms with Gasteiger partial charge in [-0.1, -0.05) is 67.6 Å². The highest BCUT2D eigenvalue weighted by molar-refractivity contribution is 5.96. The van der Waals surface area contributed by atoms with Crippen molar-refractivity contribution in [2.24, 2.45) is 0 Å². The van der Waals surface area contributed by atoms with Crippen molar-refractivity contribution in [3.8, 4) is 28.7 Å². The average Bonchev–Trinajstić information content (AvgIpc) is 3.30. The molecule has 0 unspecified atom stereocenters. The van der Waals surface area contributed by atoms with E-state index in [0.29, 0.717) is 35.2 Å². The van der Waals surface area contributed by atoms with E-state index in [1.165, 1.54) is 60.7 Å². The number of benzene rings is 5. The number of carbonyl (C=O) groups is 5. The van der Waals surface area contributed by atoms with Crippen LogP contribution in [0.4, 0.5) is 0 Å². The van der Waals surface area contributed by atoms with Gasteiger partial charge in [0.15, 0.2) is 0 Å². The van der Waals surface area contributed by atoms with Gasteiger partial charge in [0.05, 0.1) is 12.6 Å². The molecule has 348 valence electrons. The molecule has 0 saturated carbocycles. The van der Waals surface area contributed by atoms with E-state index >= 15 is 0 Å². The Labute approximate surface area is 383 Å². The molecule has 0 bridgehead atoms. The van der Waals surface area contributed by atoms with E-state index in [-0.39, 0.29) is 67.5 Å². The van der Waals surface area contributed by atoms with E-state index in [2.05, 4.69) is 26.6 Å². The Kier molecular flexibility index (Phi) is 18.3. The third-order valence-corrected chi connectivity index (χ3v) is 10.6. The first-order valence-corrected chi connectivity index (χ1v) is 21.7. The Morgan fingerprint density at radius 3 is 0.909 bits per heavy atom. The van der Waals surface area contributed by atoms with Crippen molar-refractivity contribution in [1.82, 2.24) is 26.6 Å². The van der Waals surface area contributed by atoms with Gasteiger partial charge < -0.3 is 56.9 Å². The van der Waals surface area contributed by atoms with Crippen LogP contribution in [0.5, 0.6) is 28.7 Å². The second-order valence-corrected chi connectivity index (χ2v) is 15.9. The maximum Gasteiger partial charge on any atom is 0.328 e. The van der Waals surface area contributed by atoms with Gasteiger partial charge in [-0.2, -0.15) is 0 Å². The van der Waals surface area contributed by atoms with Crippen LogP contribution < -0.4 is 26.6 Å². The molecule has 0 aliphatic rings. The smallest absolute Gasteiger partial charge is 0.328 e. The zero-order valence-electron chi connectivity index (χ0n) is 36.8. The minimum absolute atomic E-state index is 0.00743. The molecule has 5 atom stereocenters. The Morgan fingerprint density at radius 1 is 0.394 bits per heavy atom. The van der Waals surface area contributed by atoms with E-state index < -0.39 is 59.8 Å². The SMILES string of the molecule is CCCN[C@@H](Cc1ccc(O)cc1)C(=O)N[C@@H](Cc1ccc(O)cc1)C(=O)N[C@@H](Cc1ccc(O)cc1)C(=O)N[C@@H](Cc1ccc(O)cc1)C(=O)N[C@@H](Cc1ccc(O)cc1)C(=O)OCC. The van der Waals surface area contributed by atoms with Crippen molar-refractivity contribution < 1.29 is 54.2 Å². The lowest BCUT2D eigenvalue weighted by Gasteiger charge is -2.27. The molecule has 0 aliphatic carbocycles. The fraction of sp³-hybridized carbons (Fsp3) is 0.300. The fourth-order valence-corrected chi connectivity index (χ4v) is 7.07. The summed E-state index contributed by atoms with van der Waals surface area (Å²) in [6, 6.07) is 24.5. The maximum absolute atomic E-state index is 14.6. The Morgan fingerprint density at radius 2 is 0.636 bits per heavy atom. The summed E-state index contributed by atoms with van der Waals surface area (Å²) >= 11 is 0. The van der Waals surface area contributed by atoms with Crippen LogP contribution in [-0.4, -0.2) is 98.5 Å². The zero-order valence-corrected chi connectivity index (χ0v) is 36.8. The normalized spacial score (nSPS) is 13.2. The van der Waals surface area contributed by atoms with Crippen molar-refractivity contribution in [3.63, 3.8) is 0 Å². The third kappa shape index (κ3) is 15.6. The summed E-state index contributed by atoms with van der Waals surface area (Å²) in [5.74, 6) is -3.55. The number of carbonyl (C=O) groups excluding carboxylic acids is 5. The number of hydrogen-bond donors (Lipinski definition) is 10. The van der Waals surface area contributed by atoms with Crippen molar-refractivity contribution in [2.45, 2.75) is 82.6 Å². The number of phenolic OH excluding ortho intramolecular Hbond substituents is 5. The molecule has 5 aromatic carbocycles. The van der Waals surface area contributed by atoms with Crippen LogP contribution in [0.25, 0.3) is 0 Å². The minimum atomic E-state index is -1.37. The molecule has 4 amide bonds. The molecule has 16 nitrogen and oxygen atoms in total. The van der Waals surface area contributed by atoms with Crippen LogP contribution in [0, 0.1) is 0 Å². The van der Waals surface area contributed by atoms with Crippen LogP contribution in [0.15, 0.2) is 121 Å². The van der Waals surface area contributed by atoms with E-state index in [1.807, 2.05) is 6.92 Å². The second kappa shape index (κ2) is 24.5. The van der Waals surface area contributed by atoms with Crippen molar-refractivity contribution >= 4 is 29.6 Å². The van der Waals surface area contributed by atoms with Gasteiger partial charge >= 0.3 is 5.97 Å². The van der Waals surface area contributed by atoms with Crippen molar-refractivity contribution in [3.05, 3.63) is 149 Å². The van der Waals surface area contributed by atoms with E-state index in [9.17, 15) is 49.5 Å². The molecular formula is C50H57N5O11. The van der Waals surface area contributed by atoms with Gasteiger partial charge in [-0.05, 0) is 115 Å². The quantitative estimate of drug-likeness (QED) is 0.0422. The molecule has 66 heavy (non-hydrogen) atoms. The van der Waals surface area contributed by atoms with Crippen LogP contribution in [-0.2, 0) is 60.8 Å². The molecule has 0 aromatic heterocycles. The highest BCUT2D eigenvalue weighted by Gasteiger charge is 2.33. The Hall–Kier alpha value is -7.59. The molecule has 10 N–H and O–H groups in total. The van der Waals surface area contributed by atoms with E-state index in [1.54, 1.807) is 67.6 Å². The van der Waals surface area contributed by atoms with Gasteiger partial charge in [-0.25, -0.2) is 4.79 Å². The van der Waals surface area contributed by atoms with Crippen molar-refractivity contribution in [1.29, 1.82) is 0 Å². The first-order chi connectivity index (χ1) is 31.7. The van der Waals surface area contributed by atoms with Gasteiger partial charge in [0.1, 0.15) is 52.9 Å². The summed E-state index contributed by atoms with van der Waals surface area (Å²) in [6.45, 7) is 4.07. The lowest BCUT2D eigenvalue weighted by Crippen LogP contribution is -2.60. The number of hydrogen-bond acceptors (Lipinski definition) is 12. The number of esters is 1. The van der Waals surface area contributed by atoms with Crippen molar-refractivity contribution in [2.75, 3.05) is 13.2 Å². The first kappa shape index (κ1) is 49.4. The molecule has 5 rings (SSSR count).